The van der Waals surface area contributed by atoms with E-state index < -0.39 is 0 Å². The first kappa shape index (κ1) is 18.6. The number of hydrogen-bond donors (Lipinski definition) is 0. The summed E-state index contributed by atoms with van der Waals surface area (Å²) in [5.41, 5.74) is 2.30. The Morgan fingerprint density at radius 2 is 2.00 bits per heavy atom. The van der Waals surface area contributed by atoms with Crippen molar-refractivity contribution in [3.05, 3.63) is 78.5 Å². The van der Waals surface area contributed by atoms with Crippen LogP contribution in [-0.2, 0) is 0 Å². The first-order chi connectivity index (χ1) is 13.2. The molecule has 0 N–H and O–H groups in total. The van der Waals surface area contributed by atoms with E-state index in [-0.39, 0.29) is 5.91 Å². The Balaban J connectivity index is 1.73. The third-order valence-corrected chi connectivity index (χ3v) is 4.33. The number of carbonyl (C=O) groups is 1. The number of allylic oxidation sites excluding steroid dienone is 1. The lowest BCUT2D eigenvalue weighted by Gasteiger charge is -2.18. The van der Waals surface area contributed by atoms with Crippen LogP contribution in [0.2, 0.25) is 0 Å². The topological polar surface area (TPSA) is 42.4 Å². The number of amides is 1. The zero-order valence-electron chi connectivity index (χ0n) is 15.8. The van der Waals surface area contributed by atoms with Crippen molar-refractivity contribution in [2.45, 2.75) is 19.8 Å². The first-order valence-electron chi connectivity index (χ1n) is 9.19. The summed E-state index contributed by atoms with van der Waals surface area (Å²) in [5.74, 6) is 0.678. The molecule has 2 aromatic carbocycles. The van der Waals surface area contributed by atoms with Gasteiger partial charge in [0, 0.05) is 35.9 Å². The predicted molar refractivity (Wildman–Crippen MR) is 110 cm³/mol. The molecule has 0 unspecified atom stereocenters. The summed E-state index contributed by atoms with van der Waals surface area (Å²) < 4.78 is 5.75. The smallest absolute Gasteiger partial charge is 0.258 e. The molecule has 0 aliphatic rings. The van der Waals surface area contributed by atoms with Crippen molar-refractivity contribution >= 4 is 22.5 Å². The summed E-state index contributed by atoms with van der Waals surface area (Å²) >= 11 is 0. The van der Waals surface area contributed by atoms with E-state index in [0.29, 0.717) is 12.2 Å². The van der Waals surface area contributed by atoms with Crippen molar-refractivity contribution in [1.82, 2.24) is 4.98 Å². The normalized spacial score (nSPS) is 11.0. The maximum Gasteiger partial charge on any atom is 0.258 e. The molecule has 0 bridgehead atoms. The molecular formula is C23H24N2O2. The number of anilines is 1. The van der Waals surface area contributed by atoms with Gasteiger partial charge in [0.25, 0.3) is 5.91 Å². The van der Waals surface area contributed by atoms with Crippen molar-refractivity contribution in [3.63, 3.8) is 0 Å². The van der Waals surface area contributed by atoms with Gasteiger partial charge in [-0.05, 0) is 42.8 Å². The summed E-state index contributed by atoms with van der Waals surface area (Å²) in [7, 11) is 1.77. The molecule has 0 aliphatic carbocycles. The predicted octanol–water partition coefficient (Wildman–Crippen LogP) is 5.25. The summed E-state index contributed by atoms with van der Waals surface area (Å²) in [6, 6.07) is 17.0. The number of unbranched alkanes of at least 4 members (excludes halogenated alkanes) is 1. The molecule has 0 radical (unpaired) electrons. The molecule has 1 heterocycles. The Kier molecular flexibility index (Phi) is 6.21. The van der Waals surface area contributed by atoms with E-state index >= 15 is 0 Å². The van der Waals surface area contributed by atoms with Crippen molar-refractivity contribution in [3.8, 4) is 5.75 Å². The van der Waals surface area contributed by atoms with E-state index in [1.165, 1.54) is 0 Å². The zero-order chi connectivity index (χ0) is 19.1. The van der Waals surface area contributed by atoms with Gasteiger partial charge in [-0.1, -0.05) is 37.6 Å². The van der Waals surface area contributed by atoms with Crippen LogP contribution in [0.5, 0.6) is 5.75 Å². The number of ether oxygens (including phenoxy) is 1. The Morgan fingerprint density at radius 3 is 2.85 bits per heavy atom. The third-order valence-electron chi connectivity index (χ3n) is 4.33. The highest BCUT2D eigenvalue weighted by atomic mass is 16.5. The summed E-state index contributed by atoms with van der Waals surface area (Å²) in [6.45, 7) is 2.67. The molecule has 0 fully saturated rings. The first-order valence-corrected chi connectivity index (χ1v) is 9.19. The van der Waals surface area contributed by atoms with Crippen molar-refractivity contribution < 1.29 is 9.53 Å². The van der Waals surface area contributed by atoms with Gasteiger partial charge in [0.05, 0.1) is 5.52 Å². The molecule has 0 saturated heterocycles. The molecule has 27 heavy (non-hydrogen) atoms. The third kappa shape index (κ3) is 4.73. The molecule has 0 atom stereocenters. The van der Waals surface area contributed by atoms with Crippen molar-refractivity contribution in [2.24, 2.45) is 0 Å². The van der Waals surface area contributed by atoms with E-state index in [1.54, 1.807) is 18.1 Å². The lowest BCUT2D eigenvalue weighted by Crippen LogP contribution is -2.26. The minimum atomic E-state index is -0.0688. The number of pyridine rings is 1. The second kappa shape index (κ2) is 8.99. The van der Waals surface area contributed by atoms with Crippen molar-refractivity contribution in [1.29, 1.82) is 0 Å². The number of nitrogens with zero attached hydrogens (tertiary/aromatic N) is 2. The van der Waals surface area contributed by atoms with Crippen molar-refractivity contribution in [2.75, 3.05) is 18.6 Å². The second-order valence-electron chi connectivity index (χ2n) is 6.34. The summed E-state index contributed by atoms with van der Waals surface area (Å²) in [5, 5.41) is 0.952. The fourth-order valence-electron chi connectivity index (χ4n) is 2.80. The number of benzene rings is 2. The van der Waals surface area contributed by atoms with Gasteiger partial charge >= 0.3 is 0 Å². The Bertz CT molecular complexity index is 950. The highest BCUT2D eigenvalue weighted by Gasteiger charge is 2.14. The number of rotatable bonds is 7. The van der Waals surface area contributed by atoms with Crippen LogP contribution in [-0.4, -0.2) is 24.5 Å². The van der Waals surface area contributed by atoms with Crippen LogP contribution in [0.25, 0.3) is 10.9 Å². The molecule has 0 aliphatic heterocycles. The quantitative estimate of drug-likeness (QED) is 0.541. The van der Waals surface area contributed by atoms with Gasteiger partial charge in [-0.15, -0.1) is 0 Å². The van der Waals surface area contributed by atoms with Crippen LogP contribution in [0, 0.1) is 0 Å². The molecule has 4 nitrogen and oxygen atoms in total. The lowest BCUT2D eigenvalue weighted by molar-refractivity contribution is 0.0993. The van der Waals surface area contributed by atoms with E-state index in [1.807, 2.05) is 60.7 Å². The highest BCUT2D eigenvalue weighted by Crippen LogP contribution is 2.23. The van der Waals surface area contributed by atoms with Crippen LogP contribution in [0.15, 0.2) is 72.9 Å². The zero-order valence-corrected chi connectivity index (χ0v) is 15.8. The van der Waals surface area contributed by atoms with Crippen LogP contribution >= 0.6 is 0 Å². The lowest BCUT2D eigenvalue weighted by atomic mass is 10.1. The fourth-order valence-corrected chi connectivity index (χ4v) is 2.80. The summed E-state index contributed by atoms with van der Waals surface area (Å²) in [4.78, 5) is 18.8. The van der Waals surface area contributed by atoms with E-state index in [4.69, 9.17) is 4.74 Å². The minimum absolute atomic E-state index is 0.0688. The number of aromatic nitrogens is 1. The van der Waals surface area contributed by atoms with Gasteiger partial charge in [-0.2, -0.15) is 0 Å². The maximum atomic E-state index is 12.9. The van der Waals surface area contributed by atoms with Gasteiger partial charge in [-0.3, -0.25) is 9.78 Å². The molecule has 1 aromatic heterocycles. The molecule has 0 saturated carbocycles. The Hall–Kier alpha value is -3.14. The molecule has 1 amide bonds. The number of hydrogen-bond acceptors (Lipinski definition) is 3. The second-order valence-corrected chi connectivity index (χ2v) is 6.34. The van der Waals surface area contributed by atoms with Gasteiger partial charge in [0.1, 0.15) is 12.4 Å². The monoisotopic (exact) mass is 360 g/mol. The number of fused-ring (bicyclic) bond motifs is 1. The Labute approximate surface area is 160 Å². The van der Waals surface area contributed by atoms with Crippen LogP contribution in [0.4, 0.5) is 5.69 Å². The average molecular weight is 360 g/mol. The van der Waals surface area contributed by atoms with Crippen LogP contribution in [0.3, 0.4) is 0 Å². The number of carbonyl (C=O) groups excluding carboxylic acids is 1. The fraction of sp³-hybridized carbons (Fsp3) is 0.217. The average Bonchev–Trinajstić information content (AvgIpc) is 2.72. The van der Waals surface area contributed by atoms with E-state index in [9.17, 15) is 4.79 Å². The van der Waals surface area contributed by atoms with Gasteiger partial charge in [0.15, 0.2) is 0 Å². The summed E-state index contributed by atoms with van der Waals surface area (Å²) in [6.07, 6.45) is 8.08. The van der Waals surface area contributed by atoms with E-state index in [0.717, 1.165) is 35.2 Å². The minimum Gasteiger partial charge on any atom is -0.489 e. The van der Waals surface area contributed by atoms with Gasteiger partial charge in [-0.25, -0.2) is 0 Å². The largest absolute Gasteiger partial charge is 0.489 e. The van der Waals surface area contributed by atoms with Gasteiger partial charge < -0.3 is 9.64 Å². The SMILES string of the molecule is CCCC=CCOc1cccc(N(C)C(=O)c2ccc3ncccc3c2)c1. The molecule has 3 rings (SSSR count). The molecular weight excluding hydrogens is 336 g/mol. The molecule has 4 heteroatoms. The molecule has 138 valence electrons. The maximum absolute atomic E-state index is 12.9. The van der Waals surface area contributed by atoms with E-state index in [2.05, 4.69) is 18.0 Å². The van der Waals surface area contributed by atoms with Crippen LogP contribution in [0.1, 0.15) is 30.1 Å². The van der Waals surface area contributed by atoms with Crippen LogP contribution < -0.4 is 9.64 Å². The Morgan fingerprint density at radius 1 is 1.11 bits per heavy atom. The standard InChI is InChI=1S/C23H24N2O2/c1-3-4-5-6-15-27-21-11-7-10-20(17-21)25(2)23(26)19-12-13-22-18(16-19)9-8-14-24-22/h5-14,16-17H,3-4,15H2,1-2H3. The molecule has 0 spiro atoms. The highest BCUT2D eigenvalue weighted by molar-refractivity contribution is 6.07. The molecule has 3 aromatic rings. The van der Waals surface area contributed by atoms with Gasteiger partial charge in [0.2, 0.25) is 0 Å².